The molecule has 0 fully saturated rings. The van der Waals surface area contributed by atoms with Crippen LogP contribution in [0.1, 0.15) is 43.9 Å². The molecule has 0 aliphatic heterocycles. The van der Waals surface area contributed by atoms with Gasteiger partial charge in [-0.15, -0.1) is 6.42 Å². The van der Waals surface area contributed by atoms with E-state index in [-0.39, 0.29) is 17.9 Å². The minimum atomic E-state index is -0.667. The van der Waals surface area contributed by atoms with Crippen LogP contribution in [-0.2, 0) is 20.9 Å². The van der Waals surface area contributed by atoms with Crippen LogP contribution < -0.4 is 4.74 Å². The zero-order chi connectivity index (χ0) is 28.6. The summed E-state index contributed by atoms with van der Waals surface area (Å²) in [5, 5.41) is 0.416. The predicted octanol–water partition coefficient (Wildman–Crippen LogP) is 8.39. The first kappa shape index (κ1) is 31.0. The summed E-state index contributed by atoms with van der Waals surface area (Å²) in [7, 11) is 3.03. The second-order valence-corrected chi connectivity index (χ2v) is 8.55. The van der Waals surface area contributed by atoms with Crippen molar-refractivity contribution in [3.63, 3.8) is 0 Å². The van der Waals surface area contributed by atoms with E-state index in [1.165, 1.54) is 7.11 Å². The molecule has 0 saturated carbocycles. The maximum absolute atomic E-state index is 12.6. The van der Waals surface area contributed by atoms with Crippen molar-refractivity contribution in [3.8, 4) is 23.8 Å². The molecule has 0 aromatic heterocycles. The van der Waals surface area contributed by atoms with Gasteiger partial charge in [0.05, 0.1) is 12.1 Å². The lowest BCUT2D eigenvalue weighted by Crippen LogP contribution is -2.10. The van der Waals surface area contributed by atoms with E-state index in [1.54, 1.807) is 25.4 Å². The van der Waals surface area contributed by atoms with Crippen LogP contribution in [-0.4, -0.2) is 26.3 Å². The van der Waals surface area contributed by atoms with Gasteiger partial charge < -0.3 is 19.2 Å². The van der Waals surface area contributed by atoms with Crippen LogP contribution in [0.3, 0.4) is 0 Å². The number of ether oxygens (including phenoxy) is 3. The normalized spacial score (nSPS) is 11.6. The Labute approximate surface area is 236 Å². The highest BCUT2D eigenvalue weighted by atomic mass is 35.5. The van der Waals surface area contributed by atoms with Gasteiger partial charge in [-0.05, 0) is 61.9 Å². The van der Waals surface area contributed by atoms with E-state index in [0.29, 0.717) is 27.6 Å². The van der Waals surface area contributed by atoms with Crippen molar-refractivity contribution < 1.29 is 19.0 Å². The van der Waals surface area contributed by atoms with Gasteiger partial charge in [0.25, 0.3) is 0 Å². The van der Waals surface area contributed by atoms with Crippen molar-refractivity contribution in [2.45, 2.75) is 33.8 Å². The van der Waals surface area contributed by atoms with Gasteiger partial charge in [-0.3, -0.25) is 0 Å². The lowest BCUT2D eigenvalue weighted by molar-refractivity contribution is -0.135. The molecule has 3 aromatic rings. The number of rotatable bonds is 9. The third-order valence-corrected chi connectivity index (χ3v) is 5.76. The molecular formula is C33H34ClNO4. The van der Waals surface area contributed by atoms with Crippen molar-refractivity contribution in [3.05, 3.63) is 106 Å². The maximum atomic E-state index is 12.6. The number of carbonyl (C=O) groups excluding carboxylic acids is 1. The first-order chi connectivity index (χ1) is 18.9. The summed E-state index contributed by atoms with van der Waals surface area (Å²) in [4.78, 5) is 16.3. The van der Waals surface area contributed by atoms with Gasteiger partial charge in [0.2, 0.25) is 0 Å². The number of methoxy groups -OCH3 is 1. The van der Waals surface area contributed by atoms with Crippen molar-refractivity contribution in [2.75, 3.05) is 14.2 Å². The Balaban J connectivity index is 0.00000124. The molecule has 0 spiro atoms. The van der Waals surface area contributed by atoms with E-state index in [0.717, 1.165) is 17.6 Å². The van der Waals surface area contributed by atoms with Gasteiger partial charge in [0.15, 0.2) is 17.1 Å². The summed E-state index contributed by atoms with van der Waals surface area (Å²) in [6, 6.07) is 22.4. The number of aliphatic imine (C=N–C) groups is 1. The van der Waals surface area contributed by atoms with Gasteiger partial charge in [-0.1, -0.05) is 79.1 Å². The third-order valence-electron chi connectivity index (χ3n) is 5.47. The van der Waals surface area contributed by atoms with E-state index < -0.39 is 5.97 Å². The van der Waals surface area contributed by atoms with Crippen LogP contribution in [0.15, 0.2) is 89.4 Å². The molecule has 0 N–H and O–H groups in total. The Kier molecular flexibility index (Phi) is 13.1. The minimum Gasteiger partial charge on any atom is -0.487 e. The third kappa shape index (κ3) is 8.91. The molecule has 0 aliphatic carbocycles. The molecule has 39 heavy (non-hydrogen) atoms. The molecule has 0 saturated heterocycles. The van der Waals surface area contributed by atoms with E-state index in [2.05, 4.69) is 17.0 Å². The summed E-state index contributed by atoms with van der Waals surface area (Å²) in [6.07, 6.45) is 10.4. The summed E-state index contributed by atoms with van der Waals surface area (Å²) < 4.78 is 17.4. The number of benzene rings is 3. The summed E-state index contributed by atoms with van der Waals surface area (Å²) in [5.74, 6) is 3.08. The quantitative estimate of drug-likeness (QED) is 0.0893. The largest absolute Gasteiger partial charge is 0.487 e. The molecule has 0 bridgehead atoms. The molecule has 0 atom stereocenters. The topological polar surface area (TPSA) is 57.1 Å². The molecule has 0 radical (unpaired) electrons. The number of hydrogen-bond acceptors (Lipinski definition) is 5. The van der Waals surface area contributed by atoms with E-state index in [4.69, 9.17) is 32.2 Å². The first-order valence-corrected chi connectivity index (χ1v) is 12.8. The average Bonchev–Trinajstić information content (AvgIpc) is 2.97. The fourth-order valence-electron chi connectivity index (χ4n) is 3.59. The maximum Gasteiger partial charge on any atom is 0.350 e. The molecule has 0 amide bonds. The Morgan fingerprint density at radius 1 is 1.05 bits per heavy atom. The highest BCUT2D eigenvalue weighted by Crippen LogP contribution is 2.42. The lowest BCUT2D eigenvalue weighted by atomic mass is 9.95. The molecule has 0 unspecified atom stereocenters. The highest BCUT2D eigenvalue weighted by Gasteiger charge is 2.25. The lowest BCUT2D eigenvalue weighted by Gasteiger charge is -2.21. The number of carbonyl (C=O) groups is 1. The fraction of sp³-hybridized carbons (Fsp3) is 0.212. The molecule has 0 aliphatic rings. The second kappa shape index (κ2) is 16.5. The van der Waals surface area contributed by atoms with Gasteiger partial charge >= 0.3 is 5.97 Å². The number of para-hydroxylation sites is 1. The standard InChI is InChI=1S/C30H27ClO4.C3H7N/c1-5-13-21(3)27-25(18-19-26(31)29(27)35-23-16-11-8-12-17-23)28(24(6-2)30(32)33-4)34-20-22-14-9-7-10-15-22;1-3-4-2/h2,7-19H,5,20H2,1,3-4H3;3H,1-2H3/b21-13-,28-24-;. The van der Waals surface area contributed by atoms with Crippen LogP contribution in [0.4, 0.5) is 0 Å². The van der Waals surface area contributed by atoms with E-state index in [1.807, 2.05) is 81.4 Å². The number of esters is 1. The Morgan fingerprint density at radius 3 is 2.21 bits per heavy atom. The average molecular weight is 544 g/mol. The zero-order valence-electron chi connectivity index (χ0n) is 23.0. The number of allylic oxidation sites excluding steroid dienone is 2. The Hall–Kier alpha value is -4.27. The monoisotopic (exact) mass is 543 g/mol. The molecule has 0 heterocycles. The first-order valence-electron chi connectivity index (χ1n) is 12.5. The van der Waals surface area contributed by atoms with Crippen LogP contribution in [0.5, 0.6) is 11.5 Å². The summed E-state index contributed by atoms with van der Waals surface area (Å²) in [6.45, 7) is 6.08. The fourth-order valence-corrected chi connectivity index (χ4v) is 3.78. The number of halogens is 1. The molecule has 3 aromatic carbocycles. The van der Waals surface area contributed by atoms with Crippen molar-refractivity contribution in [1.82, 2.24) is 0 Å². The SMILES string of the molecule is C#C/C(C(=O)OC)=C(/OCc1ccccc1)c1ccc(Cl)c(Oc2ccccc2)c1/C(C)=C\CC.CC=NC. The van der Waals surface area contributed by atoms with Gasteiger partial charge in [-0.2, -0.15) is 0 Å². The molecule has 6 heteroatoms. The molecule has 202 valence electrons. The van der Waals surface area contributed by atoms with E-state index >= 15 is 0 Å². The van der Waals surface area contributed by atoms with Crippen LogP contribution in [0.2, 0.25) is 5.02 Å². The number of terminal acetylenes is 1. The summed E-state index contributed by atoms with van der Waals surface area (Å²) >= 11 is 6.64. The van der Waals surface area contributed by atoms with Crippen LogP contribution >= 0.6 is 11.6 Å². The molecule has 5 nitrogen and oxygen atoms in total. The predicted molar refractivity (Wildman–Crippen MR) is 161 cm³/mol. The van der Waals surface area contributed by atoms with Crippen molar-refractivity contribution in [1.29, 1.82) is 0 Å². The van der Waals surface area contributed by atoms with Crippen molar-refractivity contribution >= 4 is 35.1 Å². The zero-order valence-corrected chi connectivity index (χ0v) is 23.8. The Bertz CT molecular complexity index is 1350. The van der Waals surface area contributed by atoms with E-state index in [9.17, 15) is 4.79 Å². The van der Waals surface area contributed by atoms with Gasteiger partial charge in [-0.25, -0.2) is 4.79 Å². The van der Waals surface area contributed by atoms with Crippen molar-refractivity contribution in [2.24, 2.45) is 4.99 Å². The number of nitrogens with zero attached hydrogens (tertiary/aromatic N) is 1. The summed E-state index contributed by atoms with van der Waals surface area (Å²) in [5.41, 5.74) is 3.06. The molecular weight excluding hydrogens is 510 g/mol. The Morgan fingerprint density at radius 2 is 1.67 bits per heavy atom. The highest BCUT2D eigenvalue weighted by molar-refractivity contribution is 6.32. The smallest absolute Gasteiger partial charge is 0.350 e. The van der Waals surface area contributed by atoms with Crippen LogP contribution in [0, 0.1) is 12.3 Å². The minimum absolute atomic E-state index is 0.0260. The second-order valence-electron chi connectivity index (χ2n) is 8.14. The van der Waals surface area contributed by atoms with Gasteiger partial charge in [0, 0.05) is 18.2 Å². The van der Waals surface area contributed by atoms with Crippen LogP contribution in [0.25, 0.3) is 11.3 Å². The molecule has 3 rings (SSSR count). The van der Waals surface area contributed by atoms with Gasteiger partial charge in [0.1, 0.15) is 12.4 Å². The number of hydrogen-bond donors (Lipinski definition) is 0.